The van der Waals surface area contributed by atoms with Gasteiger partial charge in [-0.2, -0.15) is 0 Å². The van der Waals surface area contributed by atoms with Gasteiger partial charge in [0, 0.05) is 11.1 Å². The van der Waals surface area contributed by atoms with Crippen molar-refractivity contribution in [3.05, 3.63) is 99.8 Å². The lowest BCUT2D eigenvalue weighted by Crippen LogP contribution is -2.22. The van der Waals surface area contributed by atoms with E-state index in [9.17, 15) is 9.18 Å². The minimum atomic E-state index is -0.470. The fourth-order valence-corrected chi connectivity index (χ4v) is 3.35. The van der Waals surface area contributed by atoms with Gasteiger partial charge < -0.3 is 9.73 Å². The third kappa shape index (κ3) is 4.11. The molecule has 1 heterocycles. The van der Waals surface area contributed by atoms with Gasteiger partial charge in [0.25, 0.3) is 5.91 Å². The molecule has 150 valence electrons. The van der Waals surface area contributed by atoms with Crippen LogP contribution in [0.15, 0.2) is 76.1 Å². The van der Waals surface area contributed by atoms with Gasteiger partial charge in [0.1, 0.15) is 17.0 Å². The van der Waals surface area contributed by atoms with Crippen molar-refractivity contribution in [2.45, 2.75) is 13.8 Å². The van der Waals surface area contributed by atoms with Gasteiger partial charge in [-0.1, -0.05) is 47.5 Å². The van der Waals surface area contributed by atoms with Gasteiger partial charge in [-0.25, -0.2) is 9.38 Å². The first-order valence-corrected chi connectivity index (χ1v) is 9.70. The first kappa shape index (κ1) is 19.9. The molecule has 4 rings (SSSR count). The molecular formula is C24H18ClFN2O2. The summed E-state index contributed by atoms with van der Waals surface area (Å²) in [5.41, 5.74) is 3.95. The third-order valence-corrected chi connectivity index (χ3v) is 4.97. The Morgan fingerprint density at radius 1 is 1.03 bits per heavy atom. The maximum Gasteiger partial charge on any atom is 0.261 e. The van der Waals surface area contributed by atoms with E-state index in [1.165, 1.54) is 12.1 Å². The van der Waals surface area contributed by atoms with E-state index in [1.807, 2.05) is 50.2 Å². The summed E-state index contributed by atoms with van der Waals surface area (Å²) in [5.74, 6) is -0.837. The molecule has 30 heavy (non-hydrogen) atoms. The molecule has 0 atom stereocenters. The molecule has 4 aromatic rings. The van der Waals surface area contributed by atoms with Gasteiger partial charge in [-0.3, -0.25) is 4.79 Å². The van der Waals surface area contributed by atoms with Crippen LogP contribution >= 0.6 is 11.6 Å². The summed E-state index contributed by atoms with van der Waals surface area (Å²) >= 11 is 6.12. The number of carbonyl (C=O) groups is 1. The zero-order valence-corrected chi connectivity index (χ0v) is 17.1. The molecule has 0 spiro atoms. The molecule has 1 amide bonds. The van der Waals surface area contributed by atoms with Crippen LogP contribution in [0.3, 0.4) is 0 Å². The van der Waals surface area contributed by atoms with Gasteiger partial charge in [0.2, 0.25) is 5.55 Å². The average Bonchev–Trinajstić information content (AvgIpc) is 2.71. The Labute approximate surface area is 177 Å². The lowest BCUT2D eigenvalue weighted by Gasteiger charge is -2.10. The van der Waals surface area contributed by atoms with Crippen molar-refractivity contribution in [1.29, 1.82) is 0 Å². The molecule has 0 aliphatic rings. The van der Waals surface area contributed by atoms with Crippen LogP contribution in [0.25, 0.3) is 11.0 Å². The second-order valence-electron chi connectivity index (χ2n) is 6.98. The van der Waals surface area contributed by atoms with Crippen LogP contribution in [0.5, 0.6) is 0 Å². The van der Waals surface area contributed by atoms with Crippen LogP contribution in [0.2, 0.25) is 5.02 Å². The Kier molecular flexibility index (Phi) is 5.38. The van der Waals surface area contributed by atoms with E-state index in [0.29, 0.717) is 17.0 Å². The topological polar surface area (TPSA) is 54.6 Å². The van der Waals surface area contributed by atoms with Gasteiger partial charge in [-0.15, -0.1) is 0 Å². The third-order valence-electron chi connectivity index (χ3n) is 4.66. The maximum atomic E-state index is 13.4. The van der Waals surface area contributed by atoms with Crippen LogP contribution < -0.4 is 10.9 Å². The first-order valence-electron chi connectivity index (χ1n) is 9.32. The zero-order chi connectivity index (χ0) is 21.3. The molecule has 0 saturated carbocycles. The Bertz CT molecular complexity index is 1340. The maximum absolute atomic E-state index is 13.4. The van der Waals surface area contributed by atoms with Crippen molar-refractivity contribution in [1.82, 2.24) is 0 Å². The highest BCUT2D eigenvalue weighted by molar-refractivity contribution is 6.32. The van der Waals surface area contributed by atoms with Gasteiger partial charge in [0.05, 0.1) is 10.7 Å². The van der Waals surface area contributed by atoms with Crippen LogP contribution in [-0.2, 0) is 0 Å². The fraction of sp³-hybridized carbons (Fsp3) is 0.0833. The van der Waals surface area contributed by atoms with Crippen molar-refractivity contribution >= 4 is 39.9 Å². The molecule has 4 nitrogen and oxygen atoms in total. The smallest absolute Gasteiger partial charge is 0.261 e. The van der Waals surface area contributed by atoms with E-state index in [-0.39, 0.29) is 22.0 Å². The van der Waals surface area contributed by atoms with Gasteiger partial charge >= 0.3 is 0 Å². The minimum absolute atomic E-state index is 0.0875. The standard InChI is InChI=1S/C24H18ClFN2O2/c1-14-7-9-20(15(2)11-14)27-23(29)18-12-16-5-3-4-6-22(16)30-24(18)28-21-10-8-17(26)13-19(21)25/h3-13H,1-2H3,(H,27,29). The number of hydrogen-bond acceptors (Lipinski definition) is 3. The van der Waals surface area contributed by atoms with Crippen LogP contribution in [0, 0.1) is 19.7 Å². The average molecular weight is 421 g/mol. The van der Waals surface area contributed by atoms with Gasteiger partial charge in [-0.05, 0) is 55.8 Å². The van der Waals surface area contributed by atoms with E-state index in [2.05, 4.69) is 10.3 Å². The summed E-state index contributed by atoms with van der Waals surface area (Å²) in [7, 11) is 0. The summed E-state index contributed by atoms with van der Waals surface area (Å²) < 4.78 is 19.3. The summed E-state index contributed by atoms with van der Waals surface area (Å²) in [5, 5.41) is 3.80. The summed E-state index contributed by atoms with van der Waals surface area (Å²) in [6, 6.07) is 18.7. The highest BCUT2D eigenvalue weighted by Crippen LogP contribution is 2.25. The Morgan fingerprint density at radius 2 is 1.83 bits per heavy atom. The normalized spacial score (nSPS) is 11.7. The lowest BCUT2D eigenvalue weighted by molar-refractivity contribution is 0.102. The number of para-hydroxylation sites is 1. The summed E-state index contributed by atoms with van der Waals surface area (Å²) in [6.07, 6.45) is 0. The van der Waals surface area contributed by atoms with Crippen molar-refractivity contribution in [3.8, 4) is 0 Å². The van der Waals surface area contributed by atoms with Gasteiger partial charge in [0.15, 0.2) is 0 Å². The van der Waals surface area contributed by atoms with Crippen LogP contribution in [-0.4, -0.2) is 5.91 Å². The number of nitrogens with zero attached hydrogens (tertiary/aromatic N) is 1. The summed E-state index contributed by atoms with van der Waals surface area (Å²) in [4.78, 5) is 17.5. The van der Waals surface area contributed by atoms with E-state index in [1.54, 1.807) is 12.1 Å². The minimum Gasteiger partial charge on any atom is -0.438 e. The number of rotatable bonds is 3. The molecule has 1 aromatic heterocycles. The number of nitrogens with one attached hydrogen (secondary N) is 1. The van der Waals surface area contributed by atoms with E-state index in [0.717, 1.165) is 22.6 Å². The quantitative estimate of drug-likeness (QED) is 0.421. The number of benzene rings is 3. The molecule has 0 aliphatic carbocycles. The van der Waals surface area contributed by atoms with Crippen molar-refractivity contribution < 1.29 is 13.6 Å². The Morgan fingerprint density at radius 3 is 2.60 bits per heavy atom. The molecule has 0 bridgehead atoms. The van der Waals surface area contributed by atoms with Crippen molar-refractivity contribution in [2.24, 2.45) is 4.99 Å². The van der Waals surface area contributed by atoms with Crippen molar-refractivity contribution in [3.63, 3.8) is 0 Å². The number of fused-ring (bicyclic) bond motifs is 1. The van der Waals surface area contributed by atoms with E-state index < -0.39 is 5.82 Å². The predicted octanol–water partition coefficient (Wildman–Crippen LogP) is 6.33. The monoisotopic (exact) mass is 420 g/mol. The molecular weight excluding hydrogens is 403 g/mol. The molecule has 1 N–H and O–H groups in total. The lowest BCUT2D eigenvalue weighted by atomic mass is 10.1. The number of carbonyl (C=O) groups excluding carboxylic acids is 1. The van der Waals surface area contributed by atoms with E-state index in [4.69, 9.17) is 16.0 Å². The number of anilines is 1. The summed E-state index contributed by atoms with van der Waals surface area (Å²) in [6.45, 7) is 3.92. The number of amides is 1. The largest absolute Gasteiger partial charge is 0.438 e. The van der Waals surface area contributed by atoms with Crippen molar-refractivity contribution in [2.75, 3.05) is 5.32 Å². The van der Waals surface area contributed by atoms with Crippen LogP contribution in [0.4, 0.5) is 15.8 Å². The molecule has 0 saturated heterocycles. The Hall–Kier alpha value is -3.44. The molecule has 3 aromatic carbocycles. The first-order chi connectivity index (χ1) is 14.4. The second-order valence-corrected chi connectivity index (χ2v) is 7.39. The number of aryl methyl sites for hydroxylation is 2. The fourth-order valence-electron chi connectivity index (χ4n) is 3.14. The number of halogens is 2. The highest BCUT2D eigenvalue weighted by atomic mass is 35.5. The molecule has 0 aliphatic heterocycles. The predicted molar refractivity (Wildman–Crippen MR) is 117 cm³/mol. The Balaban J connectivity index is 1.86. The second kappa shape index (κ2) is 8.13. The molecule has 0 unspecified atom stereocenters. The SMILES string of the molecule is Cc1ccc(NC(=O)c2cc3ccccc3oc2=Nc2ccc(F)cc2Cl)c(C)c1. The van der Waals surface area contributed by atoms with E-state index >= 15 is 0 Å². The van der Waals surface area contributed by atoms with Crippen LogP contribution in [0.1, 0.15) is 21.5 Å². The highest BCUT2D eigenvalue weighted by Gasteiger charge is 2.14. The zero-order valence-electron chi connectivity index (χ0n) is 16.4. The molecule has 6 heteroatoms. The number of hydrogen-bond donors (Lipinski definition) is 1. The molecule has 0 fully saturated rings. The molecule has 0 radical (unpaired) electrons.